The van der Waals surface area contributed by atoms with E-state index in [2.05, 4.69) is 24.5 Å². The Morgan fingerprint density at radius 1 is 1.06 bits per heavy atom. The molecule has 17 heavy (non-hydrogen) atoms. The first-order valence-corrected chi connectivity index (χ1v) is 7.57. The van der Waals surface area contributed by atoms with Gasteiger partial charge in [0.2, 0.25) is 0 Å². The molecule has 1 atom stereocenters. The van der Waals surface area contributed by atoms with Gasteiger partial charge in [0.1, 0.15) is 0 Å². The summed E-state index contributed by atoms with van der Waals surface area (Å²) in [6.45, 7) is 9.78. The summed E-state index contributed by atoms with van der Waals surface area (Å²) in [7, 11) is 0. The fourth-order valence-corrected chi connectivity index (χ4v) is 3.25. The lowest BCUT2D eigenvalue weighted by Gasteiger charge is -2.34. The Kier molecular flexibility index (Phi) is 4.87. The zero-order chi connectivity index (χ0) is 12.1. The Morgan fingerprint density at radius 3 is 2.41 bits per heavy atom. The minimum absolute atomic E-state index is 0.615. The van der Waals surface area contributed by atoms with E-state index in [1.807, 2.05) is 0 Å². The molecule has 1 saturated carbocycles. The largest absolute Gasteiger partial charge is 0.316 e. The molecule has 0 spiro atoms. The Bertz CT molecular complexity index is 209. The van der Waals surface area contributed by atoms with Crippen molar-refractivity contribution in [2.24, 2.45) is 17.3 Å². The molecule has 0 amide bonds. The van der Waals surface area contributed by atoms with Crippen molar-refractivity contribution in [1.29, 1.82) is 0 Å². The van der Waals surface area contributed by atoms with Gasteiger partial charge in [-0.05, 0) is 82.0 Å². The van der Waals surface area contributed by atoms with Gasteiger partial charge in [-0.15, -0.1) is 0 Å². The van der Waals surface area contributed by atoms with E-state index < -0.39 is 0 Å². The van der Waals surface area contributed by atoms with Crippen molar-refractivity contribution in [2.45, 2.75) is 52.4 Å². The van der Waals surface area contributed by atoms with Crippen molar-refractivity contribution >= 4 is 0 Å². The SMILES string of the molecule is CC1(C)CCC(CNCC2CCCNC2)CC1. The molecule has 1 unspecified atom stereocenters. The van der Waals surface area contributed by atoms with Crippen LogP contribution in [-0.4, -0.2) is 26.2 Å². The van der Waals surface area contributed by atoms with Gasteiger partial charge >= 0.3 is 0 Å². The standard InChI is InChI=1S/C15H30N2/c1-15(2)7-5-13(6-8-15)10-17-12-14-4-3-9-16-11-14/h13-14,16-17H,3-12H2,1-2H3. The third kappa shape index (κ3) is 4.59. The molecule has 2 fully saturated rings. The third-order valence-corrected chi connectivity index (χ3v) is 4.72. The zero-order valence-electron chi connectivity index (χ0n) is 11.7. The molecule has 0 aromatic rings. The molecule has 0 radical (unpaired) electrons. The van der Waals surface area contributed by atoms with Crippen molar-refractivity contribution < 1.29 is 0 Å². The minimum atomic E-state index is 0.615. The Labute approximate surface area is 107 Å². The summed E-state index contributed by atoms with van der Waals surface area (Å²) in [5.74, 6) is 1.82. The summed E-state index contributed by atoms with van der Waals surface area (Å²) in [4.78, 5) is 0. The van der Waals surface area contributed by atoms with Gasteiger partial charge < -0.3 is 10.6 Å². The fraction of sp³-hybridized carbons (Fsp3) is 1.00. The second-order valence-electron chi connectivity index (χ2n) is 6.98. The van der Waals surface area contributed by atoms with Gasteiger partial charge in [0.25, 0.3) is 0 Å². The summed E-state index contributed by atoms with van der Waals surface area (Å²) in [6, 6.07) is 0. The minimum Gasteiger partial charge on any atom is -0.316 e. The summed E-state index contributed by atoms with van der Waals surface area (Å²) >= 11 is 0. The van der Waals surface area contributed by atoms with Crippen LogP contribution in [-0.2, 0) is 0 Å². The average molecular weight is 238 g/mol. The first-order valence-electron chi connectivity index (χ1n) is 7.57. The number of piperidine rings is 1. The van der Waals surface area contributed by atoms with E-state index in [4.69, 9.17) is 0 Å². The molecule has 1 saturated heterocycles. The summed E-state index contributed by atoms with van der Waals surface area (Å²) < 4.78 is 0. The predicted octanol–water partition coefficient (Wildman–Crippen LogP) is 2.79. The Morgan fingerprint density at radius 2 is 1.76 bits per heavy atom. The van der Waals surface area contributed by atoms with Crippen molar-refractivity contribution in [3.05, 3.63) is 0 Å². The van der Waals surface area contributed by atoms with Crippen molar-refractivity contribution in [3.63, 3.8) is 0 Å². The van der Waals surface area contributed by atoms with Crippen LogP contribution >= 0.6 is 0 Å². The summed E-state index contributed by atoms with van der Waals surface area (Å²) in [5.41, 5.74) is 0.615. The molecule has 1 aliphatic heterocycles. The monoisotopic (exact) mass is 238 g/mol. The van der Waals surface area contributed by atoms with Crippen molar-refractivity contribution in [3.8, 4) is 0 Å². The van der Waals surface area contributed by atoms with Crippen LogP contribution in [0.15, 0.2) is 0 Å². The van der Waals surface area contributed by atoms with E-state index in [1.54, 1.807) is 0 Å². The van der Waals surface area contributed by atoms with Crippen LogP contribution in [0, 0.1) is 17.3 Å². The van der Waals surface area contributed by atoms with Crippen LogP contribution in [0.4, 0.5) is 0 Å². The Hall–Kier alpha value is -0.0800. The quantitative estimate of drug-likeness (QED) is 0.787. The highest BCUT2D eigenvalue weighted by atomic mass is 14.9. The maximum absolute atomic E-state index is 3.71. The first kappa shape index (κ1) is 13.4. The van der Waals surface area contributed by atoms with Gasteiger partial charge in [-0.1, -0.05) is 13.8 Å². The number of nitrogens with one attached hydrogen (secondary N) is 2. The van der Waals surface area contributed by atoms with E-state index in [-0.39, 0.29) is 0 Å². The number of rotatable bonds is 4. The lowest BCUT2D eigenvalue weighted by atomic mass is 9.73. The van der Waals surface area contributed by atoms with Gasteiger partial charge in [-0.25, -0.2) is 0 Å². The first-order chi connectivity index (χ1) is 8.16. The summed E-state index contributed by atoms with van der Waals surface area (Å²) in [5, 5.41) is 7.21. The normalized spacial score (nSPS) is 30.4. The van der Waals surface area contributed by atoms with Crippen molar-refractivity contribution in [2.75, 3.05) is 26.2 Å². The van der Waals surface area contributed by atoms with E-state index in [0.717, 1.165) is 11.8 Å². The molecular formula is C15H30N2. The molecule has 2 aliphatic rings. The third-order valence-electron chi connectivity index (χ3n) is 4.72. The second kappa shape index (κ2) is 6.19. The number of hydrogen-bond donors (Lipinski definition) is 2. The molecule has 0 bridgehead atoms. The molecular weight excluding hydrogens is 208 g/mol. The highest BCUT2D eigenvalue weighted by molar-refractivity contribution is 4.80. The molecule has 0 aromatic carbocycles. The van der Waals surface area contributed by atoms with E-state index in [0.29, 0.717) is 5.41 Å². The van der Waals surface area contributed by atoms with Crippen LogP contribution in [0.2, 0.25) is 0 Å². The van der Waals surface area contributed by atoms with Crippen LogP contribution in [0.25, 0.3) is 0 Å². The topological polar surface area (TPSA) is 24.1 Å². The van der Waals surface area contributed by atoms with Gasteiger partial charge in [0.15, 0.2) is 0 Å². The van der Waals surface area contributed by atoms with Gasteiger partial charge in [0, 0.05) is 0 Å². The van der Waals surface area contributed by atoms with Crippen LogP contribution in [0.5, 0.6) is 0 Å². The highest BCUT2D eigenvalue weighted by Gasteiger charge is 2.26. The zero-order valence-corrected chi connectivity index (χ0v) is 11.7. The summed E-state index contributed by atoms with van der Waals surface area (Å²) in [6.07, 6.45) is 8.49. The maximum atomic E-state index is 3.71. The van der Waals surface area contributed by atoms with E-state index >= 15 is 0 Å². The van der Waals surface area contributed by atoms with Crippen LogP contribution in [0.1, 0.15) is 52.4 Å². The van der Waals surface area contributed by atoms with Crippen LogP contribution < -0.4 is 10.6 Å². The van der Waals surface area contributed by atoms with Gasteiger partial charge in [-0.3, -0.25) is 0 Å². The van der Waals surface area contributed by atoms with Crippen molar-refractivity contribution in [1.82, 2.24) is 10.6 Å². The molecule has 2 rings (SSSR count). The highest BCUT2D eigenvalue weighted by Crippen LogP contribution is 2.37. The molecule has 100 valence electrons. The van der Waals surface area contributed by atoms with Gasteiger partial charge in [-0.2, -0.15) is 0 Å². The lowest BCUT2D eigenvalue weighted by Crippen LogP contribution is -2.38. The molecule has 2 N–H and O–H groups in total. The number of hydrogen-bond acceptors (Lipinski definition) is 2. The molecule has 2 nitrogen and oxygen atoms in total. The lowest BCUT2D eigenvalue weighted by molar-refractivity contribution is 0.187. The second-order valence-corrected chi connectivity index (χ2v) is 6.98. The van der Waals surface area contributed by atoms with Crippen LogP contribution in [0.3, 0.4) is 0 Å². The molecule has 1 heterocycles. The van der Waals surface area contributed by atoms with E-state index in [9.17, 15) is 0 Å². The maximum Gasteiger partial charge on any atom is -0.000826 e. The van der Waals surface area contributed by atoms with E-state index in [1.165, 1.54) is 64.7 Å². The predicted molar refractivity (Wildman–Crippen MR) is 74.2 cm³/mol. The van der Waals surface area contributed by atoms with Gasteiger partial charge in [0.05, 0.1) is 0 Å². The molecule has 1 aliphatic carbocycles. The Balaban J connectivity index is 1.56. The smallest absolute Gasteiger partial charge is 0.000826 e. The molecule has 2 heteroatoms. The average Bonchev–Trinajstić information content (AvgIpc) is 2.33. The molecule has 0 aromatic heterocycles. The fourth-order valence-electron chi connectivity index (χ4n) is 3.25.